The maximum absolute atomic E-state index is 9.15. The van der Waals surface area contributed by atoms with Gasteiger partial charge in [-0.25, -0.2) is 0 Å². The van der Waals surface area contributed by atoms with E-state index in [0.717, 1.165) is 0 Å². The first-order chi connectivity index (χ1) is 8.10. The number of nitrogens with one attached hydrogen (secondary N) is 1. The third-order valence-electron chi connectivity index (χ3n) is 2.10. The van der Waals surface area contributed by atoms with Crippen molar-refractivity contribution >= 4 is 34.5 Å². The van der Waals surface area contributed by atoms with Crippen LogP contribution in [-0.2, 0) is 23.4 Å². The van der Waals surface area contributed by atoms with Crippen LogP contribution >= 0.6 is 24.0 Å². The summed E-state index contributed by atoms with van der Waals surface area (Å²) in [5.74, 6) is 0.261. The van der Waals surface area contributed by atoms with Crippen LogP contribution in [0.2, 0.25) is 0 Å². The van der Waals surface area contributed by atoms with Gasteiger partial charge in [0.1, 0.15) is 5.69 Å². The molecule has 0 saturated carbocycles. The molecule has 0 amide bonds. The molecule has 0 aliphatic carbocycles. The predicted octanol–water partition coefficient (Wildman–Crippen LogP) is 0.889. The van der Waals surface area contributed by atoms with Gasteiger partial charge in [-0.05, 0) is 13.2 Å². The summed E-state index contributed by atoms with van der Waals surface area (Å²) in [5.41, 5.74) is 4.37. The van der Waals surface area contributed by atoms with Gasteiger partial charge in [0.05, 0.1) is 18.4 Å². The van der Waals surface area contributed by atoms with Crippen LogP contribution in [0.15, 0.2) is 11.3 Å². The van der Waals surface area contributed by atoms with Gasteiger partial charge in [0.15, 0.2) is 4.32 Å². The van der Waals surface area contributed by atoms with Gasteiger partial charge in [0, 0.05) is 11.8 Å². The number of nitrogens with zero attached hydrogens (tertiary/aromatic N) is 2. The van der Waals surface area contributed by atoms with Crippen molar-refractivity contribution < 1.29 is 27.0 Å². The maximum atomic E-state index is 9.15. The van der Waals surface area contributed by atoms with Gasteiger partial charge in [0.25, 0.3) is 5.75 Å². The predicted molar refractivity (Wildman–Crippen MR) is 74.8 cm³/mol. The van der Waals surface area contributed by atoms with Crippen LogP contribution in [0.1, 0.15) is 16.8 Å². The standard InChI is InChI=1S/C10H13N3O2S2.Co/c1-6-9(15)8(7(5-14)3-11-6)4-12-13-10(16)17-2;/h3-4,14-15H,5H2,1-2H3,(H,13,16);/q;+2/p+1. The van der Waals surface area contributed by atoms with Gasteiger partial charge in [-0.15, -0.1) is 0 Å². The Bertz CT molecular complexity index is 455. The number of aliphatic hydroxyl groups is 1. The van der Waals surface area contributed by atoms with Gasteiger partial charge >= 0.3 is 16.8 Å². The molecular weight excluding hydrogens is 317 g/mol. The Morgan fingerprint density at radius 3 is 2.94 bits per heavy atom. The number of aromatic nitrogens is 1. The van der Waals surface area contributed by atoms with Crippen molar-refractivity contribution in [2.45, 2.75) is 13.5 Å². The molecule has 4 N–H and O–H groups in total. The Morgan fingerprint density at radius 1 is 1.72 bits per heavy atom. The molecule has 0 spiro atoms. The Hall–Kier alpha value is -0.674. The molecule has 0 saturated heterocycles. The zero-order valence-corrected chi connectivity index (χ0v) is 12.5. The van der Waals surface area contributed by atoms with E-state index in [0.29, 0.717) is 21.1 Å². The van der Waals surface area contributed by atoms with E-state index in [1.54, 1.807) is 13.1 Å². The summed E-state index contributed by atoms with van der Waals surface area (Å²) in [6.45, 7) is 1.56. The van der Waals surface area contributed by atoms with Crippen LogP contribution in [0.25, 0.3) is 0 Å². The summed E-state index contributed by atoms with van der Waals surface area (Å²) in [7, 11) is 0. The quantitative estimate of drug-likeness (QED) is 0.372. The molecule has 99 valence electrons. The van der Waals surface area contributed by atoms with Crippen LogP contribution < -0.4 is 5.43 Å². The Kier molecular flexibility index (Phi) is 8.12. The molecule has 5 nitrogen and oxygen atoms in total. The van der Waals surface area contributed by atoms with Crippen molar-refractivity contribution in [3.63, 3.8) is 0 Å². The average Bonchev–Trinajstić information content (AvgIpc) is 2.34. The van der Waals surface area contributed by atoms with Gasteiger partial charge in [0.2, 0.25) is 0 Å². The molecule has 0 aliphatic rings. The zero-order valence-electron chi connectivity index (χ0n) is 9.85. The first kappa shape index (κ1) is 17.3. The number of aryl methyl sites for hydroxylation is 1. The summed E-state index contributed by atoms with van der Waals surface area (Å²) >= 11 is 6.30. The normalized spacial score (nSPS) is 10.2. The van der Waals surface area contributed by atoms with E-state index in [1.807, 2.05) is 6.26 Å². The molecular formula is C10H14CoN3O2S2+3. The number of hydrazone groups is 1. The minimum atomic E-state index is -0.173. The van der Waals surface area contributed by atoms with Crippen molar-refractivity contribution in [1.82, 2.24) is 10.4 Å². The number of hydrogen-bond acceptors (Lipinski definition) is 5. The summed E-state index contributed by atoms with van der Waals surface area (Å²) in [4.78, 5) is 4.01. The third kappa shape index (κ3) is 4.54. The molecule has 1 aromatic rings. The summed E-state index contributed by atoms with van der Waals surface area (Å²) in [6.07, 6.45) is 4.86. The van der Waals surface area contributed by atoms with Gasteiger partial charge in [-0.1, -0.05) is 24.0 Å². The molecule has 0 aromatic carbocycles. The number of thioether (sulfide) groups is 1. The van der Waals surface area contributed by atoms with Gasteiger partial charge in [-0.3, -0.25) is 10.4 Å². The molecule has 0 aliphatic heterocycles. The minimum Gasteiger partial charge on any atom is -0.592 e. The number of aliphatic hydroxyl groups excluding tert-OH is 1. The maximum Gasteiger partial charge on any atom is 2.00 e. The van der Waals surface area contributed by atoms with E-state index >= 15 is 0 Å². The largest absolute Gasteiger partial charge is 2.00 e. The molecule has 0 unspecified atom stereocenters. The van der Waals surface area contributed by atoms with Crippen molar-refractivity contribution in [3.8, 4) is 5.75 Å². The monoisotopic (exact) mass is 331 g/mol. The molecule has 18 heavy (non-hydrogen) atoms. The molecule has 8 heteroatoms. The van der Waals surface area contributed by atoms with Crippen molar-refractivity contribution in [1.29, 1.82) is 0 Å². The molecule has 1 aromatic heterocycles. The topological polar surface area (TPSA) is 80.4 Å². The average molecular weight is 331 g/mol. The van der Waals surface area contributed by atoms with Crippen LogP contribution in [-0.4, -0.2) is 32.0 Å². The second-order valence-electron chi connectivity index (χ2n) is 3.18. The second kappa shape index (κ2) is 8.43. The van der Waals surface area contributed by atoms with E-state index in [1.165, 1.54) is 18.0 Å². The second-order valence-corrected chi connectivity index (χ2v) is 4.66. The van der Waals surface area contributed by atoms with Crippen LogP contribution in [0, 0.1) is 6.92 Å². The Labute approximate surface area is 125 Å². The van der Waals surface area contributed by atoms with Crippen LogP contribution in [0.3, 0.4) is 0 Å². The SMILES string of the molecule is CSC(=S)NN=Cc1c(CO)cnc(C)c1[OH2+].[Co+2]. The Morgan fingerprint density at radius 2 is 2.39 bits per heavy atom. The van der Waals surface area contributed by atoms with Crippen molar-refractivity contribution in [2.24, 2.45) is 5.10 Å². The fraction of sp³-hybridized carbons (Fsp3) is 0.300. The number of hydrogen-bond donors (Lipinski definition) is 2. The minimum absolute atomic E-state index is 0. The van der Waals surface area contributed by atoms with E-state index < -0.39 is 0 Å². The van der Waals surface area contributed by atoms with Crippen molar-refractivity contribution in [3.05, 3.63) is 23.0 Å². The van der Waals surface area contributed by atoms with E-state index in [9.17, 15) is 0 Å². The molecule has 0 fully saturated rings. The fourth-order valence-electron chi connectivity index (χ4n) is 1.13. The molecule has 0 bridgehead atoms. The smallest absolute Gasteiger partial charge is 0.592 e. The summed E-state index contributed by atoms with van der Waals surface area (Å²) in [6, 6.07) is 0. The van der Waals surface area contributed by atoms with Gasteiger partial charge < -0.3 is 10.2 Å². The number of thiocarbonyl (C=S) groups is 1. The van der Waals surface area contributed by atoms with Crippen LogP contribution in [0.4, 0.5) is 0 Å². The number of rotatable bonds is 3. The first-order valence-corrected chi connectivity index (χ1v) is 6.41. The van der Waals surface area contributed by atoms with E-state index in [4.69, 9.17) is 22.4 Å². The van der Waals surface area contributed by atoms with Crippen molar-refractivity contribution in [2.75, 3.05) is 6.26 Å². The first-order valence-electron chi connectivity index (χ1n) is 4.78. The molecule has 0 atom stereocenters. The summed E-state index contributed by atoms with van der Waals surface area (Å²) in [5, 5.41) is 20.9. The van der Waals surface area contributed by atoms with Crippen LogP contribution in [0.5, 0.6) is 5.75 Å². The molecule has 1 rings (SSSR count). The zero-order chi connectivity index (χ0) is 12.8. The Balaban J connectivity index is 0.00000289. The fourth-order valence-corrected chi connectivity index (χ4v) is 1.33. The third-order valence-corrected chi connectivity index (χ3v) is 3.15. The number of pyridine rings is 1. The molecule has 1 radical (unpaired) electrons. The molecule has 1 heterocycles. The van der Waals surface area contributed by atoms with Gasteiger partial charge in [-0.2, -0.15) is 5.10 Å². The van der Waals surface area contributed by atoms with E-state index in [2.05, 4.69) is 15.5 Å². The van der Waals surface area contributed by atoms with E-state index in [-0.39, 0.29) is 29.1 Å². The summed E-state index contributed by atoms with van der Waals surface area (Å²) < 4.78 is 0.545.